The molecule has 0 unspecified atom stereocenters. The summed E-state index contributed by atoms with van der Waals surface area (Å²) in [5.41, 5.74) is 0. The van der Waals surface area contributed by atoms with E-state index in [0.29, 0.717) is 6.61 Å². The number of nitrogens with zero attached hydrogens (tertiary/aromatic N) is 2. The van der Waals surface area contributed by atoms with Crippen LogP contribution in [0.15, 0.2) is 6.20 Å². The van der Waals surface area contributed by atoms with Gasteiger partial charge in [-0.2, -0.15) is 4.98 Å². The zero-order chi connectivity index (χ0) is 8.97. The highest BCUT2D eigenvalue weighted by Gasteiger charge is 2.02. The molecule has 4 heteroatoms. The van der Waals surface area contributed by atoms with Gasteiger partial charge in [-0.3, -0.25) is 0 Å². The van der Waals surface area contributed by atoms with Crippen molar-refractivity contribution < 1.29 is 9.84 Å². The third-order valence-electron chi connectivity index (χ3n) is 1.54. The Morgan fingerprint density at radius 2 is 2.42 bits per heavy atom. The van der Waals surface area contributed by atoms with Gasteiger partial charge in [0, 0.05) is 13.7 Å². The van der Waals surface area contributed by atoms with Crippen LogP contribution in [0, 0.1) is 0 Å². The highest BCUT2D eigenvalue weighted by molar-refractivity contribution is 5.06. The fraction of sp³-hybridized carbons (Fsp3) is 0.625. The SMILES string of the molecule is CCCOCc1nc(O)cn1C. The van der Waals surface area contributed by atoms with Crippen LogP contribution in [-0.4, -0.2) is 21.3 Å². The van der Waals surface area contributed by atoms with Gasteiger partial charge in [0.1, 0.15) is 12.4 Å². The molecule has 4 nitrogen and oxygen atoms in total. The number of aryl methyl sites for hydroxylation is 1. The molecule has 12 heavy (non-hydrogen) atoms. The second-order valence-corrected chi connectivity index (χ2v) is 2.68. The van der Waals surface area contributed by atoms with Crippen molar-refractivity contribution in [1.29, 1.82) is 0 Å². The average Bonchev–Trinajstić information content (AvgIpc) is 2.31. The quantitative estimate of drug-likeness (QED) is 0.687. The molecule has 0 amide bonds. The Labute approximate surface area is 71.8 Å². The topological polar surface area (TPSA) is 47.3 Å². The predicted octanol–water partition coefficient (Wildman–Crippen LogP) is 1.05. The maximum atomic E-state index is 9.00. The third-order valence-corrected chi connectivity index (χ3v) is 1.54. The Morgan fingerprint density at radius 3 is 2.92 bits per heavy atom. The van der Waals surface area contributed by atoms with Crippen molar-refractivity contribution in [3.05, 3.63) is 12.0 Å². The van der Waals surface area contributed by atoms with Gasteiger partial charge in [-0.05, 0) is 6.42 Å². The molecule has 68 valence electrons. The highest BCUT2D eigenvalue weighted by Crippen LogP contribution is 2.07. The predicted molar refractivity (Wildman–Crippen MR) is 44.8 cm³/mol. The fourth-order valence-corrected chi connectivity index (χ4v) is 0.930. The van der Waals surface area contributed by atoms with Gasteiger partial charge < -0.3 is 14.4 Å². The first-order valence-electron chi connectivity index (χ1n) is 4.03. The summed E-state index contributed by atoms with van der Waals surface area (Å²) < 4.78 is 7.02. The van der Waals surface area contributed by atoms with E-state index in [-0.39, 0.29) is 5.88 Å². The summed E-state index contributed by atoms with van der Waals surface area (Å²) in [5, 5.41) is 9.00. The van der Waals surface area contributed by atoms with E-state index in [2.05, 4.69) is 11.9 Å². The van der Waals surface area contributed by atoms with Gasteiger partial charge in [-0.25, -0.2) is 0 Å². The van der Waals surface area contributed by atoms with Crippen molar-refractivity contribution in [3.63, 3.8) is 0 Å². The molecule has 0 radical (unpaired) electrons. The van der Waals surface area contributed by atoms with Crippen molar-refractivity contribution in [2.24, 2.45) is 7.05 Å². The molecule has 0 atom stereocenters. The van der Waals surface area contributed by atoms with Crippen molar-refractivity contribution in [1.82, 2.24) is 9.55 Å². The number of ether oxygens (including phenoxy) is 1. The molecule has 0 aromatic carbocycles. The van der Waals surface area contributed by atoms with Crippen LogP contribution in [0.2, 0.25) is 0 Å². The van der Waals surface area contributed by atoms with E-state index in [0.717, 1.165) is 18.9 Å². The minimum Gasteiger partial charge on any atom is -0.492 e. The van der Waals surface area contributed by atoms with Gasteiger partial charge in [0.25, 0.3) is 0 Å². The lowest BCUT2D eigenvalue weighted by Crippen LogP contribution is -2.01. The lowest BCUT2D eigenvalue weighted by molar-refractivity contribution is 0.114. The first-order chi connectivity index (χ1) is 5.74. The van der Waals surface area contributed by atoms with Gasteiger partial charge in [-0.1, -0.05) is 6.92 Å². The maximum absolute atomic E-state index is 9.00. The maximum Gasteiger partial charge on any atom is 0.229 e. The van der Waals surface area contributed by atoms with Crippen LogP contribution in [-0.2, 0) is 18.4 Å². The molecular weight excluding hydrogens is 156 g/mol. The molecule has 1 aromatic heterocycles. The molecule has 0 saturated heterocycles. The van der Waals surface area contributed by atoms with Crippen molar-refractivity contribution in [2.75, 3.05) is 6.61 Å². The Morgan fingerprint density at radius 1 is 1.67 bits per heavy atom. The molecule has 0 spiro atoms. The van der Waals surface area contributed by atoms with Crippen molar-refractivity contribution >= 4 is 0 Å². The molecule has 0 aliphatic heterocycles. The normalized spacial score (nSPS) is 10.5. The Hall–Kier alpha value is -1.03. The lowest BCUT2D eigenvalue weighted by atomic mass is 10.5. The molecule has 0 aliphatic rings. The smallest absolute Gasteiger partial charge is 0.229 e. The second-order valence-electron chi connectivity index (χ2n) is 2.68. The van der Waals surface area contributed by atoms with Crippen LogP contribution in [0.4, 0.5) is 0 Å². The summed E-state index contributed by atoms with van der Waals surface area (Å²) in [4.78, 5) is 3.88. The highest BCUT2D eigenvalue weighted by atomic mass is 16.5. The Balaban J connectivity index is 2.45. The molecular formula is C8H14N2O2. The van der Waals surface area contributed by atoms with E-state index in [1.165, 1.54) is 0 Å². The molecule has 1 rings (SSSR count). The van der Waals surface area contributed by atoms with Gasteiger partial charge in [0.05, 0.1) is 6.20 Å². The standard InChI is InChI=1S/C8H14N2O2/c1-3-4-12-6-7-9-8(11)5-10(7)2/h5,11H,3-4,6H2,1-2H3. The van der Waals surface area contributed by atoms with E-state index in [1.807, 2.05) is 7.05 Å². The molecule has 1 N–H and O–H groups in total. The van der Waals surface area contributed by atoms with E-state index < -0.39 is 0 Å². The van der Waals surface area contributed by atoms with Gasteiger partial charge in [0.2, 0.25) is 5.88 Å². The zero-order valence-electron chi connectivity index (χ0n) is 7.45. The van der Waals surface area contributed by atoms with Gasteiger partial charge in [0.15, 0.2) is 0 Å². The Bertz CT molecular complexity index is 245. The molecule has 1 heterocycles. The second kappa shape index (κ2) is 4.11. The molecule has 1 aromatic rings. The first kappa shape index (κ1) is 9.06. The third kappa shape index (κ3) is 2.23. The summed E-state index contributed by atoms with van der Waals surface area (Å²) in [6, 6.07) is 0. The first-order valence-corrected chi connectivity index (χ1v) is 4.03. The summed E-state index contributed by atoms with van der Waals surface area (Å²) in [5.74, 6) is 0.800. The van der Waals surface area contributed by atoms with E-state index in [4.69, 9.17) is 9.84 Å². The molecule has 0 bridgehead atoms. The van der Waals surface area contributed by atoms with E-state index >= 15 is 0 Å². The molecule has 0 fully saturated rings. The number of aromatic nitrogens is 2. The zero-order valence-corrected chi connectivity index (χ0v) is 7.45. The van der Waals surface area contributed by atoms with Gasteiger partial charge >= 0.3 is 0 Å². The van der Waals surface area contributed by atoms with Crippen LogP contribution in [0.5, 0.6) is 5.88 Å². The summed E-state index contributed by atoms with van der Waals surface area (Å²) in [6.45, 7) is 3.24. The Kier molecular flexibility index (Phi) is 3.10. The number of aromatic hydroxyl groups is 1. The van der Waals surface area contributed by atoms with E-state index in [1.54, 1.807) is 10.8 Å². The number of hydrogen-bond acceptors (Lipinski definition) is 3. The number of hydrogen-bond donors (Lipinski definition) is 1. The monoisotopic (exact) mass is 170 g/mol. The lowest BCUT2D eigenvalue weighted by Gasteiger charge is -2.01. The van der Waals surface area contributed by atoms with Crippen LogP contribution < -0.4 is 0 Å². The average molecular weight is 170 g/mol. The van der Waals surface area contributed by atoms with Crippen molar-refractivity contribution in [3.8, 4) is 5.88 Å². The number of imidazole rings is 1. The van der Waals surface area contributed by atoms with Crippen LogP contribution in [0.3, 0.4) is 0 Å². The van der Waals surface area contributed by atoms with Crippen molar-refractivity contribution in [2.45, 2.75) is 20.0 Å². The van der Waals surface area contributed by atoms with Gasteiger partial charge in [-0.15, -0.1) is 0 Å². The number of rotatable bonds is 4. The summed E-state index contributed by atoms with van der Waals surface area (Å²) in [6.07, 6.45) is 2.56. The van der Waals surface area contributed by atoms with Crippen LogP contribution in [0.25, 0.3) is 0 Å². The minimum atomic E-state index is 0.0487. The minimum absolute atomic E-state index is 0.0487. The molecule has 0 aliphatic carbocycles. The van der Waals surface area contributed by atoms with Crippen LogP contribution in [0.1, 0.15) is 19.2 Å². The van der Waals surface area contributed by atoms with Crippen LogP contribution >= 0.6 is 0 Å². The largest absolute Gasteiger partial charge is 0.492 e. The fourth-order valence-electron chi connectivity index (χ4n) is 0.930. The summed E-state index contributed by atoms with van der Waals surface area (Å²) >= 11 is 0. The summed E-state index contributed by atoms with van der Waals surface area (Å²) in [7, 11) is 1.83. The molecule has 0 saturated carbocycles. The van der Waals surface area contributed by atoms with E-state index in [9.17, 15) is 0 Å².